The molecule has 0 fully saturated rings. The first-order chi connectivity index (χ1) is 13.0. The summed E-state index contributed by atoms with van der Waals surface area (Å²) in [4.78, 5) is 21.5. The third-order valence-corrected chi connectivity index (χ3v) is 6.98. The van der Waals surface area contributed by atoms with E-state index < -0.39 is 10.8 Å². The molecule has 2 N–H and O–H groups in total. The van der Waals surface area contributed by atoms with Gasteiger partial charge in [-0.25, -0.2) is 14.8 Å². The number of nitrogen functional groups attached to an aromatic ring is 1. The van der Waals surface area contributed by atoms with Crippen molar-refractivity contribution < 1.29 is 13.7 Å². The summed E-state index contributed by atoms with van der Waals surface area (Å²) < 4.78 is 18.1. The number of benzene rings is 1. The molecule has 2 heterocycles. The van der Waals surface area contributed by atoms with Crippen molar-refractivity contribution in [1.29, 1.82) is 0 Å². The van der Waals surface area contributed by atoms with Crippen LogP contribution < -0.4 is 5.73 Å². The first kappa shape index (κ1) is 19.4. The van der Waals surface area contributed by atoms with Crippen LogP contribution >= 0.6 is 11.3 Å². The number of thiophene rings is 1. The van der Waals surface area contributed by atoms with Gasteiger partial charge in [0.05, 0.1) is 40.5 Å². The molecule has 0 aliphatic carbocycles. The summed E-state index contributed by atoms with van der Waals surface area (Å²) >= 11 is 1.34. The Morgan fingerprint density at radius 1 is 1.26 bits per heavy atom. The van der Waals surface area contributed by atoms with E-state index in [2.05, 4.69) is 16.9 Å². The molecular weight excluding hydrogens is 382 g/mol. The molecule has 0 aliphatic heterocycles. The van der Waals surface area contributed by atoms with Crippen molar-refractivity contribution in [3.05, 3.63) is 36.0 Å². The van der Waals surface area contributed by atoms with Gasteiger partial charge in [-0.3, -0.25) is 4.21 Å². The van der Waals surface area contributed by atoms with Crippen LogP contribution in [0.25, 0.3) is 21.6 Å². The summed E-state index contributed by atoms with van der Waals surface area (Å²) in [5, 5.41) is 0. The molecule has 6 nitrogen and oxygen atoms in total. The van der Waals surface area contributed by atoms with Gasteiger partial charge in [0.25, 0.3) is 0 Å². The summed E-state index contributed by atoms with van der Waals surface area (Å²) in [7, 11) is -1.13. The fourth-order valence-corrected chi connectivity index (χ4v) is 5.21. The average molecular weight is 404 g/mol. The second kappa shape index (κ2) is 8.58. The van der Waals surface area contributed by atoms with Gasteiger partial charge in [-0.05, 0) is 25.5 Å². The lowest BCUT2D eigenvalue weighted by atomic mass is 10.1. The second-order valence-electron chi connectivity index (χ2n) is 5.91. The number of unbranched alkanes of at least 4 members (excludes halogenated alkanes) is 1. The summed E-state index contributed by atoms with van der Waals surface area (Å²) in [6.45, 7) is 4.17. The van der Waals surface area contributed by atoms with Crippen molar-refractivity contribution in [3.8, 4) is 11.3 Å². The number of ether oxygens (including phenoxy) is 1. The number of nitrogens with two attached hydrogens (primary N) is 1. The maximum absolute atomic E-state index is 12.4. The van der Waals surface area contributed by atoms with E-state index in [0.29, 0.717) is 43.9 Å². The van der Waals surface area contributed by atoms with Gasteiger partial charge in [-0.15, -0.1) is 11.3 Å². The van der Waals surface area contributed by atoms with Crippen molar-refractivity contribution in [2.75, 3.05) is 18.1 Å². The van der Waals surface area contributed by atoms with Gasteiger partial charge >= 0.3 is 5.97 Å². The van der Waals surface area contributed by atoms with E-state index in [-0.39, 0.29) is 5.97 Å². The number of fused-ring (bicyclic) bond motifs is 1. The molecular formula is C19H21N3O3S2. The summed E-state index contributed by atoms with van der Waals surface area (Å²) in [5.74, 6) is 0.238. The van der Waals surface area contributed by atoms with Crippen LogP contribution in [-0.2, 0) is 15.5 Å². The van der Waals surface area contributed by atoms with Crippen molar-refractivity contribution in [2.24, 2.45) is 0 Å². The number of carbonyl (C=O) groups excluding carboxylic acids is 1. The molecule has 8 heteroatoms. The number of nitrogens with zero attached hydrogens (tertiary/aromatic N) is 2. The van der Waals surface area contributed by atoms with E-state index in [1.165, 1.54) is 11.3 Å². The number of carbonyl (C=O) groups is 1. The number of aromatic nitrogens is 2. The molecule has 2 aromatic heterocycles. The fraction of sp³-hybridized carbons (Fsp3) is 0.316. The SMILES string of the molecule is CCCCS(=O)c1sc2ncc(-c3ccc(C(=O)OCC)cc3)nc2c1N. The summed E-state index contributed by atoms with van der Waals surface area (Å²) in [6.07, 6.45) is 3.54. The van der Waals surface area contributed by atoms with Crippen LogP contribution in [-0.4, -0.2) is 32.5 Å². The van der Waals surface area contributed by atoms with E-state index in [1.807, 2.05) is 0 Å². The highest BCUT2D eigenvalue weighted by atomic mass is 32.2. The predicted octanol–water partition coefficient (Wildman–Crippen LogP) is 4.02. The highest BCUT2D eigenvalue weighted by Gasteiger charge is 2.18. The van der Waals surface area contributed by atoms with Crippen LogP contribution in [0, 0.1) is 0 Å². The topological polar surface area (TPSA) is 95.2 Å². The Morgan fingerprint density at radius 3 is 2.67 bits per heavy atom. The highest BCUT2D eigenvalue weighted by molar-refractivity contribution is 7.87. The first-order valence-corrected chi connectivity index (χ1v) is 10.9. The molecule has 0 bridgehead atoms. The Labute approximate surface area is 164 Å². The Bertz CT molecular complexity index is 984. The number of esters is 1. The van der Waals surface area contributed by atoms with E-state index in [0.717, 1.165) is 18.4 Å². The van der Waals surface area contributed by atoms with Crippen molar-refractivity contribution in [1.82, 2.24) is 9.97 Å². The molecule has 1 aromatic carbocycles. The maximum Gasteiger partial charge on any atom is 0.338 e. The van der Waals surface area contributed by atoms with E-state index in [4.69, 9.17) is 10.5 Å². The Morgan fingerprint density at radius 2 is 2.00 bits per heavy atom. The van der Waals surface area contributed by atoms with E-state index in [9.17, 15) is 9.00 Å². The van der Waals surface area contributed by atoms with Crippen molar-refractivity contribution in [2.45, 2.75) is 30.9 Å². The molecule has 27 heavy (non-hydrogen) atoms. The lowest BCUT2D eigenvalue weighted by Gasteiger charge is -2.04. The number of hydrogen-bond acceptors (Lipinski definition) is 7. The Balaban J connectivity index is 1.91. The molecule has 3 rings (SSSR count). The first-order valence-electron chi connectivity index (χ1n) is 8.76. The molecule has 3 aromatic rings. The number of hydrogen-bond donors (Lipinski definition) is 1. The zero-order valence-corrected chi connectivity index (χ0v) is 16.9. The molecule has 0 radical (unpaired) electrons. The van der Waals surface area contributed by atoms with Crippen LogP contribution in [0.4, 0.5) is 5.69 Å². The van der Waals surface area contributed by atoms with Crippen LogP contribution in [0.5, 0.6) is 0 Å². The van der Waals surface area contributed by atoms with Gasteiger partial charge in [-0.2, -0.15) is 0 Å². The monoisotopic (exact) mass is 403 g/mol. The van der Waals surface area contributed by atoms with Crippen molar-refractivity contribution >= 4 is 44.1 Å². The van der Waals surface area contributed by atoms with Crippen LogP contribution in [0.15, 0.2) is 34.7 Å². The van der Waals surface area contributed by atoms with Crippen molar-refractivity contribution in [3.63, 3.8) is 0 Å². The van der Waals surface area contributed by atoms with Gasteiger partial charge in [-0.1, -0.05) is 25.5 Å². The minimum absolute atomic E-state index is 0.335. The van der Waals surface area contributed by atoms with Crippen LogP contribution in [0.3, 0.4) is 0 Å². The molecule has 1 unspecified atom stereocenters. The van der Waals surface area contributed by atoms with Gasteiger partial charge in [0.15, 0.2) is 0 Å². The average Bonchev–Trinajstić information content (AvgIpc) is 3.02. The standard InChI is InChI=1S/C19H21N3O3S2/c1-3-5-10-27(24)19-15(20)16-17(26-19)21-11-14(22-16)12-6-8-13(9-7-12)18(23)25-4-2/h6-9,11H,3-5,10,20H2,1-2H3. The third kappa shape index (κ3) is 4.17. The van der Waals surface area contributed by atoms with Gasteiger partial charge < -0.3 is 10.5 Å². The van der Waals surface area contributed by atoms with E-state index in [1.54, 1.807) is 37.4 Å². The second-order valence-corrected chi connectivity index (χ2v) is 8.68. The third-order valence-electron chi connectivity index (χ3n) is 3.99. The zero-order valence-electron chi connectivity index (χ0n) is 15.2. The van der Waals surface area contributed by atoms with Gasteiger partial charge in [0.1, 0.15) is 14.6 Å². The van der Waals surface area contributed by atoms with Gasteiger partial charge in [0, 0.05) is 11.3 Å². The molecule has 142 valence electrons. The lowest BCUT2D eigenvalue weighted by Crippen LogP contribution is -2.04. The normalized spacial score (nSPS) is 12.2. The number of rotatable bonds is 7. The predicted molar refractivity (Wildman–Crippen MR) is 109 cm³/mol. The quantitative estimate of drug-likeness (QED) is 0.599. The molecule has 0 amide bonds. The Kier molecular flexibility index (Phi) is 6.18. The minimum Gasteiger partial charge on any atom is -0.462 e. The maximum atomic E-state index is 12.4. The summed E-state index contributed by atoms with van der Waals surface area (Å²) in [5.41, 5.74) is 9.18. The molecule has 0 saturated heterocycles. The van der Waals surface area contributed by atoms with E-state index >= 15 is 0 Å². The molecule has 0 aliphatic rings. The minimum atomic E-state index is -1.13. The highest BCUT2D eigenvalue weighted by Crippen LogP contribution is 2.35. The molecule has 0 saturated carbocycles. The largest absolute Gasteiger partial charge is 0.462 e. The van der Waals surface area contributed by atoms with Gasteiger partial charge in [0.2, 0.25) is 0 Å². The van der Waals surface area contributed by atoms with Crippen LogP contribution in [0.1, 0.15) is 37.0 Å². The lowest BCUT2D eigenvalue weighted by molar-refractivity contribution is 0.0526. The van der Waals surface area contributed by atoms with Crippen LogP contribution in [0.2, 0.25) is 0 Å². The number of anilines is 1. The Hall–Kier alpha value is -2.32. The summed E-state index contributed by atoms with van der Waals surface area (Å²) in [6, 6.07) is 6.98. The smallest absolute Gasteiger partial charge is 0.338 e. The zero-order chi connectivity index (χ0) is 19.4. The fourth-order valence-electron chi connectivity index (χ4n) is 2.54. The molecule has 0 spiro atoms. The molecule has 1 atom stereocenters.